The van der Waals surface area contributed by atoms with E-state index in [2.05, 4.69) is 0 Å². The molecule has 1 saturated heterocycles. The Balaban J connectivity index is 1.63. The number of hydrogen-bond donors (Lipinski definition) is 0. The van der Waals surface area contributed by atoms with Crippen molar-refractivity contribution >= 4 is 23.6 Å². The van der Waals surface area contributed by atoms with Crippen LogP contribution in [0.25, 0.3) is 0 Å². The van der Waals surface area contributed by atoms with Gasteiger partial charge in [-0.3, -0.25) is 19.3 Å². The number of nitrogens with zero attached hydrogens (tertiary/aromatic N) is 1. The van der Waals surface area contributed by atoms with Crippen LogP contribution in [0.15, 0.2) is 36.4 Å². The first-order chi connectivity index (χ1) is 13.0. The summed E-state index contributed by atoms with van der Waals surface area (Å²) in [6, 6.07) is 5.54. The van der Waals surface area contributed by atoms with Gasteiger partial charge in [0.25, 0.3) is 0 Å². The van der Waals surface area contributed by atoms with Crippen LogP contribution in [0.2, 0.25) is 0 Å². The predicted molar refractivity (Wildman–Crippen MR) is 95.0 cm³/mol. The lowest BCUT2D eigenvalue weighted by Crippen LogP contribution is -2.44. The smallest absolute Gasteiger partial charge is 0.329 e. The van der Waals surface area contributed by atoms with Gasteiger partial charge >= 0.3 is 5.97 Å². The SMILES string of the molecule is COc1ccccc1C(=O)COC(=O)[C@H](C)N1C(=O)[C@H]2CC=CC[C@@H]2C1=O. The number of benzene rings is 1. The molecule has 0 N–H and O–H groups in total. The van der Waals surface area contributed by atoms with Gasteiger partial charge in [-0.15, -0.1) is 0 Å². The van der Waals surface area contributed by atoms with Gasteiger partial charge in [0.05, 0.1) is 24.5 Å². The van der Waals surface area contributed by atoms with Crippen molar-refractivity contribution in [3.8, 4) is 5.75 Å². The number of ether oxygens (including phenoxy) is 2. The molecule has 142 valence electrons. The fraction of sp³-hybridized carbons (Fsp3) is 0.400. The third kappa shape index (κ3) is 3.49. The Morgan fingerprint density at radius 3 is 2.30 bits per heavy atom. The highest BCUT2D eigenvalue weighted by molar-refractivity contribution is 6.08. The van der Waals surface area contributed by atoms with E-state index in [1.54, 1.807) is 24.3 Å². The molecule has 1 fully saturated rings. The molecule has 0 bridgehead atoms. The molecule has 0 radical (unpaired) electrons. The zero-order chi connectivity index (χ0) is 19.6. The lowest BCUT2D eigenvalue weighted by molar-refractivity contribution is -0.157. The molecule has 0 aromatic heterocycles. The molecule has 3 atom stereocenters. The number of ketones is 1. The molecule has 7 nitrogen and oxygen atoms in total. The van der Waals surface area contributed by atoms with Crippen LogP contribution in [0.1, 0.15) is 30.1 Å². The second-order valence-corrected chi connectivity index (χ2v) is 6.61. The van der Waals surface area contributed by atoms with E-state index in [-0.39, 0.29) is 11.8 Å². The highest BCUT2D eigenvalue weighted by atomic mass is 16.5. The van der Waals surface area contributed by atoms with Crippen LogP contribution in [-0.2, 0) is 19.1 Å². The number of para-hydroxylation sites is 1. The zero-order valence-corrected chi connectivity index (χ0v) is 15.2. The molecule has 27 heavy (non-hydrogen) atoms. The van der Waals surface area contributed by atoms with Crippen molar-refractivity contribution < 1.29 is 28.7 Å². The number of amides is 2. The van der Waals surface area contributed by atoms with E-state index in [4.69, 9.17) is 9.47 Å². The second-order valence-electron chi connectivity index (χ2n) is 6.61. The van der Waals surface area contributed by atoms with Crippen LogP contribution in [0.4, 0.5) is 0 Å². The third-order valence-corrected chi connectivity index (χ3v) is 5.02. The molecule has 0 unspecified atom stereocenters. The normalized spacial score (nSPS) is 22.4. The number of likely N-dealkylation sites (tertiary alicyclic amines) is 1. The first-order valence-corrected chi connectivity index (χ1v) is 8.80. The number of esters is 1. The van der Waals surface area contributed by atoms with Crippen LogP contribution >= 0.6 is 0 Å². The molecule has 3 rings (SSSR count). The minimum Gasteiger partial charge on any atom is -0.496 e. The van der Waals surface area contributed by atoms with E-state index in [1.807, 2.05) is 12.2 Å². The predicted octanol–water partition coefficient (Wildman–Crippen LogP) is 1.76. The van der Waals surface area contributed by atoms with Crippen LogP contribution in [0.3, 0.4) is 0 Å². The Morgan fingerprint density at radius 1 is 1.11 bits per heavy atom. The standard InChI is InChI=1S/C20H21NO6/c1-12(21-18(23)13-7-3-4-8-14(13)19(21)24)20(25)27-11-16(22)15-9-5-6-10-17(15)26-2/h3-6,9-10,12-14H,7-8,11H2,1-2H3/t12-,13-,14-/m0/s1. The number of rotatable bonds is 6. The van der Waals surface area contributed by atoms with E-state index < -0.39 is 36.2 Å². The molecule has 1 aromatic rings. The molecular weight excluding hydrogens is 350 g/mol. The van der Waals surface area contributed by atoms with Crippen molar-refractivity contribution in [1.82, 2.24) is 4.90 Å². The lowest BCUT2D eigenvalue weighted by atomic mass is 9.85. The number of fused-ring (bicyclic) bond motifs is 1. The number of imide groups is 1. The van der Waals surface area contributed by atoms with Crippen molar-refractivity contribution in [3.05, 3.63) is 42.0 Å². The number of allylic oxidation sites excluding steroid dienone is 2. The molecule has 1 heterocycles. The summed E-state index contributed by atoms with van der Waals surface area (Å²) in [6.45, 7) is 0.949. The minimum atomic E-state index is -1.07. The summed E-state index contributed by atoms with van der Waals surface area (Å²) in [5.74, 6) is -2.35. The highest BCUT2D eigenvalue weighted by Gasteiger charge is 2.50. The molecular formula is C20H21NO6. The van der Waals surface area contributed by atoms with Gasteiger partial charge in [0, 0.05) is 0 Å². The maximum atomic E-state index is 12.5. The molecule has 2 amide bonds. The van der Waals surface area contributed by atoms with E-state index in [9.17, 15) is 19.2 Å². The molecule has 1 aliphatic heterocycles. The van der Waals surface area contributed by atoms with Crippen LogP contribution in [0.5, 0.6) is 5.75 Å². The summed E-state index contributed by atoms with van der Waals surface area (Å²) in [4.78, 5) is 50.7. The summed E-state index contributed by atoms with van der Waals surface area (Å²) in [5, 5.41) is 0. The Bertz CT molecular complexity index is 788. The van der Waals surface area contributed by atoms with Gasteiger partial charge in [0.2, 0.25) is 17.6 Å². The highest BCUT2D eigenvalue weighted by Crippen LogP contribution is 2.36. The average Bonchev–Trinajstić information content (AvgIpc) is 2.96. The Kier molecular flexibility index (Phi) is 5.39. The molecule has 0 spiro atoms. The third-order valence-electron chi connectivity index (χ3n) is 5.02. The lowest BCUT2D eigenvalue weighted by Gasteiger charge is -2.21. The number of methoxy groups -OCH3 is 1. The fourth-order valence-corrected chi connectivity index (χ4v) is 3.52. The van der Waals surface area contributed by atoms with Crippen molar-refractivity contribution in [2.24, 2.45) is 11.8 Å². The Hall–Kier alpha value is -2.96. The summed E-state index contributed by atoms with van der Waals surface area (Å²) in [5.41, 5.74) is 0.297. The maximum Gasteiger partial charge on any atom is 0.329 e. The van der Waals surface area contributed by atoms with Gasteiger partial charge < -0.3 is 9.47 Å². The number of carbonyl (C=O) groups excluding carboxylic acids is 4. The van der Waals surface area contributed by atoms with Gasteiger partial charge in [-0.05, 0) is 31.9 Å². The van der Waals surface area contributed by atoms with E-state index in [0.29, 0.717) is 24.2 Å². The largest absolute Gasteiger partial charge is 0.496 e. The van der Waals surface area contributed by atoms with Gasteiger partial charge in [-0.2, -0.15) is 0 Å². The molecule has 1 aliphatic carbocycles. The number of carbonyl (C=O) groups is 4. The summed E-state index contributed by atoms with van der Waals surface area (Å²) in [6.07, 6.45) is 4.76. The fourth-order valence-electron chi connectivity index (χ4n) is 3.52. The monoisotopic (exact) mass is 371 g/mol. The molecule has 0 saturated carbocycles. The number of Topliss-reactive ketones (excluding diaryl/α,β-unsaturated/α-hetero) is 1. The molecule has 1 aromatic carbocycles. The van der Waals surface area contributed by atoms with Crippen molar-refractivity contribution in [2.45, 2.75) is 25.8 Å². The van der Waals surface area contributed by atoms with E-state index in [0.717, 1.165) is 4.90 Å². The second kappa shape index (κ2) is 7.73. The van der Waals surface area contributed by atoms with Gasteiger partial charge in [0.1, 0.15) is 11.8 Å². The molecule has 7 heteroatoms. The maximum absolute atomic E-state index is 12.5. The summed E-state index contributed by atoms with van der Waals surface area (Å²) >= 11 is 0. The van der Waals surface area contributed by atoms with Crippen LogP contribution in [-0.4, -0.2) is 48.2 Å². The van der Waals surface area contributed by atoms with Gasteiger partial charge in [0.15, 0.2) is 6.61 Å². The van der Waals surface area contributed by atoms with Crippen LogP contribution in [0, 0.1) is 11.8 Å². The first-order valence-electron chi connectivity index (χ1n) is 8.80. The quantitative estimate of drug-likeness (QED) is 0.328. The first kappa shape index (κ1) is 18.8. The topological polar surface area (TPSA) is 90.0 Å². The zero-order valence-electron chi connectivity index (χ0n) is 15.2. The van der Waals surface area contributed by atoms with Crippen LogP contribution < -0.4 is 4.74 Å². The van der Waals surface area contributed by atoms with Gasteiger partial charge in [-0.1, -0.05) is 24.3 Å². The van der Waals surface area contributed by atoms with E-state index in [1.165, 1.54) is 14.0 Å². The Morgan fingerprint density at radius 2 is 1.70 bits per heavy atom. The van der Waals surface area contributed by atoms with Crippen molar-refractivity contribution in [3.63, 3.8) is 0 Å². The number of hydrogen-bond acceptors (Lipinski definition) is 6. The van der Waals surface area contributed by atoms with Gasteiger partial charge in [-0.25, -0.2) is 4.79 Å². The average molecular weight is 371 g/mol. The Labute approximate surface area is 156 Å². The van der Waals surface area contributed by atoms with E-state index >= 15 is 0 Å². The summed E-state index contributed by atoms with van der Waals surface area (Å²) in [7, 11) is 1.44. The molecule has 2 aliphatic rings. The minimum absolute atomic E-state index is 0.297. The summed E-state index contributed by atoms with van der Waals surface area (Å²) < 4.78 is 10.2. The van der Waals surface area contributed by atoms with Crippen molar-refractivity contribution in [2.75, 3.05) is 13.7 Å². The van der Waals surface area contributed by atoms with Crippen molar-refractivity contribution in [1.29, 1.82) is 0 Å².